The minimum Gasteiger partial charge on any atom is -0.353 e. The number of hydrogen-bond donors (Lipinski definition) is 2. The standard InChI is InChI=1S/C16H23FN2O.ClH/c1-12(10-14-4-2-3-5-15(14)17)19-16(20)7-6-13-8-9-18-11-13;/h2-5,12-13,18H,6-11H2,1H3,(H,19,20);1H. The van der Waals surface area contributed by atoms with E-state index in [0.717, 1.165) is 25.9 Å². The highest BCUT2D eigenvalue weighted by Crippen LogP contribution is 2.14. The second-order valence-electron chi connectivity index (χ2n) is 5.66. The molecular formula is C16H24ClFN2O. The van der Waals surface area contributed by atoms with Crippen molar-refractivity contribution in [1.82, 2.24) is 10.6 Å². The minimum atomic E-state index is -0.203. The molecule has 2 atom stereocenters. The van der Waals surface area contributed by atoms with Crippen molar-refractivity contribution in [1.29, 1.82) is 0 Å². The first-order chi connectivity index (χ1) is 9.65. The van der Waals surface area contributed by atoms with Crippen LogP contribution >= 0.6 is 12.4 Å². The predicted molar refractivity (Wildman–Crippen MR) is 85.2 cm³/mol. The number of amides is 1. The highest BCUT2D eigenvalue weighted by molar-refractivity contribution is 5.85. The minimum absolute atomic E-state index is 0. The normalized spacial score (nSPS) is 18.9. The molecule has 5 heteroatoms. The van der Waals surface area contributed by atoms with Gasteiger partial charge in [0.2, 0.25) is 5.91 Å². The fourth-order valence-corrected chi connectivity index (χ4v) is 2.69. The quantitative estimate of drug-likeness (QED) is 0.847. The Hall–Kier alpha value is -1.13. The second-order valence-corrected chi connectivity index (χ2v) is 5.66. The molecule has 1 saturated heterocycles. The first-order valence-electron chi connectivity index (χ1n) is 7.38. The Labute approximate surface area is 132 Å². The van der Waals surface area contributed by atoms with Crippen LogP contribution in [0.15, 0.2) is 24.3 Å². The average molecular weight is 315 g/mol. The zero-order valence-corrected chi connectivity index (χ0v) is 13.2. The van der Waals surface area contributed by atoms with Crippen molar-refractivity contribution < 1.29 is 9.18 Å². The molecular weight excluding hydrogens is 291 g/mol. The van der Waals surface area contributed by atoms with Gasteiger partial charge in [0.15, 0.2) is 0 Å². The molecule has 0 saturated carbocycles. The van der Waals surface area contributed by atoms with E-state index < -0.39 is 0 Å². The van der Waals surface area contributed by atoms with E-state index in [9.17, 15) is 9.18 Å². The van der Waals surface area contributed by atoms with Gasteiger partial charge in [0, 0.05) is 12.5 Å². The van der Waals surface area contributed by atoms with E-state index in [-0.39, 0.29) is 30.2 Å². The van der Waals surface area contributed by atoms with Gasteiger partial charge >= 0.3 is 0 Å². The number of carbonyl (C=O) groups excluding carboxylic acids is 1. The van der Waals surface area contributed by atoms with Crippen LogP contribution in [0.3, 0.4) is 0 Å². The monoisotopic (exact) mass is 314 g/mol. The van der Waals surface area contributed by atoms with Crippen molar-refractivity contribution in [2.45, 2.75) is 38.6 Å². The molecule has 118 valence electrons. The Morgan fingerprint density at radius 1 is 1.48 bits per heavy atom. The molecule has 2 rings (SSSR count). The molecule has 21 heavy (non-hydrogen) atoms. The molecule has 1 aliphatic heterocycles. The van der Waals surface area contributed by atoms with E-state index in [1.165, 1.54) is 6.07 Å². The summed E-state index contributed by atoms with van der Waals surface area (Å²) in [7, 11) is 0. The fraction of sp³-hybridized carbons (Fsp3) is 0.562. The number of halogens is 2. The maximum Gasteiger partial charge on any atom is 0.220 e. The van der Waals surface area contributed by atoms with Gasteiger partial charge in [0.05, 0.1) is 0 Å². The van der Waals surface area contributed by atoms with Crippen LogP contribution in [0.25, 0.3) is 0 Å². The van der Waals surface area contributed by atoms with Crippen LogP contribution in [0, 0.1) is 11.7 Å². The van der Waals surface area contributed by atoms with Crippen molar-refractivity contribution in [2.75, 3.05) is 13.1 Å². The van der Waals surface area contributed by atoms with E-state index in [2.05, 4.69) is 10.6 Å². The third kappa shape index (κ3) is 6.02. The van der Waals surface area contributed by atoms with E-state index in [1.54, 1.807) is 12.1 Å². The van der Waals surface area contributed by atoms with Gasteiger partial charge in [-0.05, 0) is 56.8 Å². The Bertz CT molecular complexity index is 450. The van der Waals surface area contributed by atoms with Gasteiger partial charge < -0.3 is 10.6 Å². The number of nitrogens with one attached hydrogen (secondary N) is 2. The summed E-state index contributed by atoms with van der Waals surface area (Å²) in [5.74, 6) is 0.494. The molecule has 0 aromatic heterocycles. The molecule has 0 radical (unpaired) electrons. The van der Waals surface area contributed by atoms with Crippen LogP contribution in [0.5, 0.6) is 0 Å². The molecule has 0 bridgehead atoms. The van der Waals surface area contributed by atoms with Crippen molar-refractivity contribution in [3.63, 3.8) is 0 Å². The van der Waals surface area contributed by atoms with Crippen LogP contribution in [-0.4, -0.2) is 25.0 Å². The molecule has 2 unspecified atom stereocenters. The van der Waals surface area contributed by atoms with Gasteiger partial charge in [0.25, 0.3) is 0 Å². The third-order valence-electron chi connectivity index (χ3n) is 3.83. The third-order valence-corrected chi connectivity index (χ3v) is 3.83. The van der Waals surface area contributed by atoms with Crippen molar-refractivity contribution in [2.24, 2.45) is 5.92 Å². The first kappa shape index (κ1) is 17.9. The lowest BCUT2D eigenvalue weighted by Crippen LogP contribution is -2.34. The van der Waals surface area contributed by atoms with Crippen LogP contribution in [-0.2, 0) is 11.2 Å². The van der Waals surface area contributed by atoms with E-state index >= 15 is 0 Å². The van der Waals surface area contributed by atoms with Gasteiger partial charge in [-0.25, -0.2) is 4.39 Å². The lowest BCUT2D eigenvalue weighted by molar-refractivity contribution is -0.121. The first-order valence-corrected chi connectivity index (χ1v) is 7.38. The highest BCUT2D eigenvalue weighted by atomic mass is 35.5. The zero-order valence-electron chi connectivity index (χ0n) is 12.4. The second kappa shape index (κ2) is 9.00. The smallest absolute Gasteiger partial charge is 0.220 e. The zero-order chi connectivity index (χ0) is 14.4. The number of carbonyl (C=O) groups is 1. The summed E-state index contributed by atoms with van der Waals surface area (Å²) in [6.07, 6.45) is 3.20. The molecule has 1 aromatic carbocycles. The topological polar surface area (TPSA) is 41.1 Å². The SMILES string of the molecule is CC(Cc1ccccc1F)NC(=O)CCC1CCNC1.Cl. The van der Waals surface area contributed by atoms with Crippen LogP contribution in [0.2, 0.25) is 0 Å². The van der Waals surface area contributed by atoms with Gasteiger partial charge in [-0.1, -0.05) is 18.2 Å². The Kier molecular flexibility index (Phi) is 7.68. The molecule has 1 aromatic rings. The molecule has 1 heterocycles. The molecule has 1 amide bonds. The number of hydrogen-bond acceptors (Lipinski definition) is 2. The number of rotatable bonds is 6. The summed E-state index contributed by atoms with van der Waals surface area (Å²) in [6, 6.07) is 6.68. The lowest BCUT2D eigenvalue weighted by atomic mass is 10.0. The fourth-order valence-electron chi connectivity index (χ4n) is 2.69. The molecule has 0 spiro atoms. The number of benzene rings is 1. The largest absolute Gasteiger partial charge is 0.353 e. The Morgan fingerprint density at radius 2 is 2.24 bits per heavy atom. The van der Waals surface area contributed by atoms with Crippen LogP contribution < -0.4 is 10.6 Å². The van der Waals surface area contributed by atoms with Gasteiger partial charge in [0.1, 0.15) is 5.82 Å². The molecule has 1 fully saturated rings. The van der Waals surface area contributed by atoms with Crippen LogP contribution in [0.4, 0.5) is 4.39 Å². The summed E-state index contributed by atoms with van der Waals surface area (Å²) in [5.41, 5.74) is 0.653. The Balaban J connectivity index is 0.00000220. The van der Waals surface area contributed by atoms with Crippen molar-refractivity contribution in [3.05, 3.63) is 35.6 Å². The highest BCUT2D eigenvalue weighted by Gasteiger charge is 2.16. The van der Waals surface area contributed by atoms with Crippen molar-refractivity contribution >= 4 is 18.3 Å². The van der Waals surface area contributed by atoms with Gasteiger partial charge in [-0.15, -0.1) is 12.4 Å². The van der Waals surface area contributed by atoms with E-state index in [4.69, 9.17) is 0 Å². The molecule has 1 aliphatic rings. The average Bonchev–Trinajstić information content (AvgIpc) is 2.92. The summed E-state index contributed by atoms with van der Waals surface area (Å²) >= 11 is 0. The van der Waals surface area contributed by atoms with Crippen molar-refractivity contribution in [3.8, 4) is 0 Å². The van der Waals surface area contributed by atoms with Gasteiger partial charge in [-0.2, -0.15) is 0 Å². The van der Waals surface area contributed by atoms with Gasteiger partial charge in [-0.3, -0.25) is 4.79 Å². The summed E-state index contributed by atoms with van der Waals surface area (Å²) in [4.78, 5) is 11.9. The maximum atomic E-state index is 13.5. The van der Waals surface area contributed by atoms with E-state index in [0.29, 0.717) is 24.3 Å². The van der Waals surface area contributed by atoms with Crippen LogP contribution in [0.1, 0.15) is 31.7 Å². The molecule has 3 nitrogen and oxygen atoms in total. The lowest BCUT2D eigenvalue weighted by Gasteiger charge is -2.15. The summed E-state index contributed by atoms with van der Waals surface area (Å²) in [6.45, 7) is 4.01. The molecule has 2 N–H and O–H groups in total. The van der Waals surface area contributed by atoms with E-state index in [1.807, 2.05) is 13.0 Å². The molecule has 0 aliphatic carbocycles. The predicted octanol–water partition coefficient (Wildman–Crippen LogP) is 2.68. The summed E-state index contributed by atoms with van der Waals surface area (Å²) in [5, 5.41) is 6.26. The maximum absolute atomic E-state index is 13.5. The summed E-state index contributed by atoms with van der Waals surface area (Å²) < 4.78 is 13.5. The Morgan fingerprint density at radius 3 is 2.90 bits per heavy atom.